The fraction of sp³-hybridized carbons (Fsp3) is 0.200. The quantitative estimate of drug-likeness (QED) is 0.348. The minimum absolute atomic E-state index is 0.0356. The van der Waals surface area contributed by atoms with E-state index in [1.165, 1.54) is 24.1 Å². The third-order valence-corrected chi connectivity index (χ3v) is 8.21. The highest BCUT2D eigenvalue weighted by atomic mass is 32.2. The molecule has 0 amide bonds. The van der Waals surface area contributed by atoms with E-state index in [4.69, 9.17) is 4.74 Å². The van der Waals surface area contributed by atoms with Crippen LogP contribution in [0.25, 0.3) is 10.8 Å². The molecule has 0 aromatic heterocycles. The Morgan fingerprint density at radius 1 is 0.906 bits per heavy atom. The Morgan fingerprint density at radius 2 is 1.59 bits per heavy atom. The number of hydrogen-bond acceptors (Lipinski definition) is 8. The van der Waals surface area contributed by atoms with Gasteiger partial charge >= 0.3 is 0 Å². The van der Waals surface area contributed by atoms with E-state index in [1.54, 1.807) is 30.3 Å². The maximum absolute atomic E-state index is 12.9. The van der Waals surface area contributed by atoms with Gasteiger partial charge in [-0.3, -0.25) is 9.27 Å². The number of aromatic hydroxyl groups is 1. The van der Waals surface area contributed by atoms with Gasteiger partial charge in [0.1, 0.15) is 5.75 Å². The summed E-state index contributed by atoms with van der Waals surface area (Å²) in [4.78, 5) is -0.214. The number of fused-ring (bicyclic) bond motifs is 1. The first-order valence-corrected chi connectivity index (χ1v) is 13.2. The van der Waals surface area contributed by atoms with Crippen LogP contribution >= 0.6 is 11.9 Å². The highest BCUT2D eigenvalue weighted by Crippen LogP contribution is 2.39. The average Bonchev–Trinajstić information content (AvgIpc) is 2.76. The largest absolute Gasteiger partial charge is 0.506 e. The second kappa shape index (κ2) is 8.89. The Labute approximate surface area is 189 Å². The lowest BCUT2D eigenvalue weighted by Gasteiger charge is -2.25. The molecule has 0 aliphatic carbocycles. The highest BCUT2D eigenvalue weighted by Gasteiger charge is 2.21. The van der Waals surface area contributed by atoms with Crippen LogP contribution in [0.3, 0.4) is 0 Å². The number of sulfonamides is 1. The molecule has 1 aliphatic rings. The van der Waals surface area contributed by atoms with E-state index in [2.05, 4.69) is 9.03 Å². The number of benzene rings is 3. The van der Waals surface area contributed by atoms with Crippen molar-refractivity contribution in [3.05, 3.63) is 54.6 Å². The predicted molar refractivity (Wildman–Crippen MR) is 121 cm³/mol. The van der Waals surface area contributed by atoms with E-state index in [-0.39, 0.29) is 16.3 Å². The van der Waals surface area contributed by atoms with Gasteiger partial charge in [-0.05, 0) is 42.3 Å². The maximum atomic E-state index is 12.9. The zero-order valence-electron chi connectivity index (χ0n) is 16.6. The van der Waals surface area contributed by atoms with E-state index in [1.807, 2.05) is 0 Å². The number of anilines is 1. The molecule has 1 fully saturated rings. The molecule has 170 valence electrons. The summed E-state index contributed by atoms with van der Waals surface area (Å²) in [7, 11) is -8.72. The standard InChI is InChI=1S/C20H20N2O7S3/c23-20-17-5-2-6-18(16(17)7-8-19(20)30-22-9-11-29-12-10-22)21-31(24,25)14-3-1-4-15(13-14)32(26,27)28/h1-8,13,21,23H,9-12H2,(H,26,27,28). The van der Waals surface area contributed by atoms with E-state index in [9.17, 15) is 26.5 Å². The van der Waals surface area contributed by atoms with Crippen molar-refractivity contribution in [2.45, 2.75) is 14.7 Å². The SMILES string of the molecule is O=S(=O)(O)c1cccc(S(=O)(=O)Nc2cccc3c(O)c(SN4CCOCC4)ccc23)c1. The van der Waals surface area contributed by atoms with Crippen molar-refractivity contribution in [3.8, 4) is 5.75 Å². The van der Waals surface area contributed by atoms with Crippen LogP contribution in [0.5, 0.6) is 5.75 Å². The van der Waals surface area contributed by atoms with Crippen LogP contribution < -0.4 is 4.72 Å². The number of morpholine rings is 1. The third-order valence-electron chi connectivity index (χ3n) is 4.85. The average molecular weight is 497 g/mol. The van der Waals surface area contributed by atoms with Gasteiger partial charge in [0.25, 0.3) is 20.1 Å². The first-order chi connectivity index (χ1) is 15.1. The molecule has 0 unspecified atom stereocenters. The summed E-state index contributed by atoms with van der Waals surface area (Å²) in [5, 5.41) is 11.7. The first-order valence-electron chi connectivity index (χ1n) is 9.51. The van der Waals surface area contributed by atoms with E-state index in [0.29, 0.717) is 28.9 Å². The third kappa shape index (κ3) is 4.85. The molecule has 1 saturated heterocycles. The molecule has 32 heavy (non-hydrogen) atoms. The van der Waals surface area contributed by atoms with Gasteiger partial charge in [-0.25, -0.2) is 12.7 Å². The minimum Gasteiger partial charge on any atom is -0.506 e. The summed E-state index contributed by atoms with van der Waals surface area (Å²) < 4.78 is 67.5. The van der Waals surface area contributed by atoms with Crippen LogP contribution in [0.4, 0.5) is 5.69 Å². The summed E-state index contributed by atoms with van der Waals surface area (Å²) in [5.41, 5.74) is 0.220. The van der Waals surface area contributed by atoms with Gasteiger partial charge in [-0.2, -0.15) is 8.42 Å². The summed E-state index contributed by atoms with van der Waals surface area (Å²) in [5.74, 6) is 0.0356. The zero-order valence-corrected chi connectivity index (χ0v) is 19.1. The van der Waals surface area contributed by atoms with E-state index in [0.717, 1.165) is 25.2 Å². The number of nitrogens with zero attached hydrogens (tertiary/aromatic N) is 1. The summed E-state index contributed by atoms with van der Waals surface area (Å²) >= 11 is 1.41. The maximum Gasteiger partial charge on any atom is 0.294 e. The van der Waals surface area contributed by atoms with Crippen LogP contribution in [0.2, 0.25) is 0 Å². The van der Waals surface area contributed by atoms with Gasteiger partial charge in [0.05, 0.1) is 33.6 Å². The highest BCUT2D eigenvalue weighted by molar-refractivity contribution is 7.97. The molecule has 0 atom stereocenters. The molecule has 0 saturated carbocycles. The number of phenols is 1. The van der Waals surface area contributed by atoms with Crippen LogP contribution in [-0.4, -0.2) is 57.1 Å². The number of nitrogens with one attached hydrogen (secondary N) is 1. The molecule has 0 radical (unpaired) electrons. The number of rotatable bonds is 6. The molecule has 0 spiro atoms. The molecule has 3 aromatic carbocycles. The summed E-state index contributed by atoms with van der Waals surface area (Å²) in [6, 6.07) is 12.7. The Bertz CT molecular complexity index is 1370. The topological polar surface area (TPSA) is 133 Å². The minimum atomic E-state index is -4.56. The molecule has 3 N–H and O–H groups in total. The lowest BCUT2D eigenvalue weighted by atomic mass is 10.1. The van der Waals surface area contributed by atoms with Crippen LogP contribution in [0, 0.1) is 0 Å². The fourth-order valence-corrected chi connectivity index (χ4v) is 5.93. The lowest BCUT2D eigenvalue weighted by molar-refractivity contribution is 0.0773. The van der Waals surface area contributed by atoms with Gasteiger partial charge in [-0.15, -0.1) is 0 Å². The molecule has 9 nitrogen and oxygen atoms in total. The second-order valence-corrected chi connectivity index (χ2v) is 11.2. The summed E-state index contributed by atoms with van der Waals surface area (Å²) in [6.07, 6.45) is 0. The van der Waals surface area contributed by atoms with Crippen LogP contribution in [0.15, 0.2) is 69.3 Å². The lowest BCUT2D eigenvalue weighted by Crippen LogP contribution is -2.30. The van der Waals surface area contributed by atoms with Gasteiger partial charge in [0, 0.05) is 23.9 Å². The molecule has 1 heterocycles. The van der Waals surface area contributed by atoms with Gasteiger partial charge in [-0.1, -0.05) is 24.3 Å². The van der Waals surface area contributed by atoms with Crippen molar-refractivity contribution in [3.63, 3.8) is 0 Å². The van der Waals surface area contributed by atoms with Crippen LogP contribution in [0.1, 0.15) is 0 Å². The van der Waals surface area contributed by atoms with Crippen molar-refractivity contribution >= 4 is 48.5 Å². The Hall–Kier alpha value is -2.35. The fourth-order valence-electron chi connectivity index (χ4n) is 3.27. The molecule has 1 aliphatic heterocycles. The van der Waals surface area contributed by atoms with Gasteiger partial charge in [0.15, 0.2) is 0 Å². The molecule has 4 rings (SSSR count). The van der Waals surface area contributed by atoms with Crippen LogP contribution in [-0.2, 0) is 24.9 Å². The Kier molecular flexibility index (Phi) is 6.34. The van der Waals surface area contributed by atoms with E-state index >= 15 is 0 Å². The van der Waals surface area contributed by atoms with Crippen molar-refractivity contribution in [2.24, 2.45) is 0 Å². The Morgan fingerprint density at radius 3 is 2.31 bits per heavy atom. The molecular formula is C20H20N2O7S3. The Balaban J connectivity index is 1.67. The molecule has 0 bridgehead atoms. The van der Waals surface area contributed by atoms with Crippen molar-refractivity contribution in [1.82, 2.24) is 4.31 Å². The molecule has 3 aromatic rings. The van der Waals surface area contributed by atoms with Crippen molar-refractivity contribution in [2.75, 3.05) is 31.0 Å². The van der Waals surface area contributed by atoms with Crippen molar-refractivity contribution < 1.29 is 31.2 Å². The number of ether oxygens (including phenoxy) is 1. The van der Waals surface area contributed by atoms with Gasteiger partial charge in [0.2, 0.25) is 0 Å². The molecule has 12 heteroatoms. The van der Waals surface area contributed by atoms with Crippen molar-refractivity contribution in [1.29, 1.82) is 0 Å². The summed E-state index contributed by atoms with van der Waals surface area (Å²) in [6.45, 7) is 2.69. The van der Waals surface area contributed by atoms with E-state index < -0.39 is 25.0 Å². The molecular weight excluding hydrogens is 476 g/mol. The normalized spacial score (nSPS) is 15.7. The number of phenolic OH excluding ortho intramolecular Hbond substituents is 1. The smallest absolute Gasteiger partial charge is 0.294 e. The van der Waals surface area contributed by atoms with Gasteiger partial charge < -0.3 is 9.84 Å². The predicted octanol–water partition coefficient (Wildman–Crippen LogP) is 2.93. The first kappa shape index (κ1) is 22.8. The monoisotopic (exact) mass is 496 g/mol. The number of hydrogen-bond donors (Lipinski definition) is 3. The second-order valence-electron chi connectivity index (χ2n) is 7.00. The zero-order chi connectivity index (χ0) is 22.9.